The van der Waals surface area contributed by atoms with E-state index >= 15 is 0 Å². The normalized spacial score (nSPS) is 10.9. The molecule has 3 rings (SSSR count). The van der Waals surface area contributed by atoms with E-state index < -0.39 is 0 Å². The molecule has 0 aliphatic carbocycles. The summed E-state index contributed by atoms with van der Waals surface area (Å²) in [5.41, 5.74) is 3.34. The minimum Gasteiger partial charge on any atom is -0.251 e. The van der Waals surface area contributed by atoms with Crippen molar-refractivity contribution in [3.8, 4) is 10.6 Å². The average Bonchev–Trinajstić information content (AvgIpc) is 2.68. The Morgan fingerprint density at radius 1 is 1.12 bits per heavy atom. The summed E-state index contributed by atoms with van der Waals surface area (Å²) in [6, 6.07) is 3.77. The predicted molar refractivity (Wildman–Crippen MR) is 67.9 cm³/mol. The molecule has 0 atom stereocenters. The van der Waals surface area contributed by atoms with E-state index in [1.807, 2.05) is 26.0 Å². The van der Waals surface area contributed by atoms with Crippen molar-refractivity contribution in [3.63, 3.8) is 0 Å². The number of pyridine rings is 1. The maximum Gasteiger partial charge on any atom is 0.178 e. The fourth-order valence-electron chi connectivity index (χ4n) is 1.73. The molecule has 0 spiro atoms. The number of rotatable bonds is 1. The first kappa shape index (κ1) is 10.3. The van der Waals surface area contributed by atoms with Gasteiger partial charge in [0.2, 0.25) is 0 Å². The minimum atomic E-state index is 0.676. The Morgan fingerprint density at radius 3 is 2.76 bits per heavy atom. The van der Waals surface area contributed by atoms with Gasteiger partial charge in [-0.3, -0.25) is 4.98 Å². The first-order valence-electron chi connectivity index (χ1n) is 5.26. The van der Waals surface area contributed by atoms with Crippen LogP contribution in [0.4, 0.5) is 0 Å². The lowest BCUT2D eigenvalue weighted by atomic mass is 10.3. The second-order valence-electron chi connectivity index (χ2n) is 3.75. The highest BCUT2D eigenvalue weighted by Crippen LogP contribution is 2.28. The summed E-state index contributed by atoms with van der Waals surface area (Å²) < 4.78 is 0. The van der Waals surface area contributed by atoms with Crippen LogP contribution in [0.2, 0.25) is 0 Å². The molecule has 5 heteroatoms. The van der Waals surface area contributed by atoms with Crippen LogP contribution in [0.5, 0.6) is 0 Å². The van der Waals surface area contributed by atoms with Gasteiger partial charge in [0.1, 0.15) is 11.2 Å². The SMILES string of the molecule is Cc1nc(C)c(-c2cnc3cccnc3n2)s1. The molecular weight excluding hydrogens is 232 g/mol. The molecule has 4 nitrogen and oxygen atoms in total. The lowest BCUT2D eigenvalue weighted by molar-refractivity contribution is 1.18. The number of nitrogens with zero attached hydrogens (tertiary/aromatic N) is 4. The van der Waals surface area contributed by atoms with Crippen LogP contribution in [0.3, 0.4) is 0 Å². The molecule has 0 aromatic carbocycles. The van der Waals surface area contributed by atoms with Crippen LogP contribution in [0.15, 0.2) is 24.5 Å². The summed E-state index contributed by atoms with van der Waals surface area (Å²) in [4.78, 5) is 18.6. The molecule has 0 N–H and O–H groups in total. The smallest absolute Gasteiger partial charge is 0.178 e. The maximum atomic E-state index is 4.52. The first-order valence-corrected chi connectivity index (χ1v) is 6.08. The topological polar surface area (TPSA) is 51.6 Å². The molecule has 3 aromatic heterocycles. The number of fused-ring (bicyclic) bond motifs is 1. The van der Waals surface area contributed by atoms with Crippen LogP contribution < -0.4 is 0 Å². The zero-order chi connectivity index (χ0) is 11.8. The summed E-state index contributed by atoms with van der Waals surface area (Å²) in [5.74, 6) is 0. The average molecular weight is 242 g/mol. The van der Waals surface area contributed by atoms with Crippen LogP contribution in [0.1, 0.15) is 10.7 Å². The molecule has 17 heavy (non-hydrogen) atoms. The second kappa shape index (κ2) is 3.85. The molecule has 3 aromatic rings. The quantitative estimate of drug-likeness (QED) is 0.658. The van der Waals surface area contributed by atoms with E-state index in [0.717, 1.165) is 26.8 Å². The van der Waals surface area contributed by atoms with E-state index in [0.29, 0.717) is 5.65 Å². The van der Waals surface area contributed by atoms with E-state index in [-0.39, 0.29) is 0 Å². The van der Waals surface area contributed by atoms with Gasteiger partial charge in [-0.1, -0.05) is 0 Å². The molecule has 0 saturated carbocycles. The Kier molecular flexibility index (Phi) is 2.33. The van der Waals surface area contributed by atoms with Gasteiger partial charge in [-0.05, 0) is 26.0 Å². The van der Waals surface area contributed by atoms with E-state index in [9.17, 15) is 0 Å². The lowest BCUT2D eigenvalue weighted by Crippen LogP contribution is -1.90. The molecular formula is C12H10N4S. The molecule has 0 unspecified atom stereocenters. The first-order chi connectivity index (χ1) is 8.24. The monoisotopic (exact) mass is 242 g/mol. The molecule has 0 bridgehead atoms. The molecule has 3 heterocycles. The van der Waals surface area contributed by atoms with Crippen molar-refractivity contribution in [2.24, 2.45) is 0 Å². The van der Waals surface area contributed by atoms with Crippen LogP contribution >= 0.6 is 11.3 Å². The molecule has 84 valence electrons. The van der Waals surface area contributed by atoms with Crippen LogP contribution in [0.25, 0.3) is 21.7 Å². The van der Waals surface area contributed by atoms with E-state index in [2.05, 4.69) is 19.9 Å². The molecule has 0 amide bonds. The summed E-state index contributed by atoms with van der Waals surface area (Å²) in [6.45, 7) is 3.98. The van der Waals surface area contributed by atoms with Crippen molar-refractivity contribution in [1.82, 2.24) is 19.9 Å². The van der Waals surface area contributed by atoms with Crippen molar-refractivity contribution in [2.75, 3.05) is 0 Å². The molecule has 0 fully saturated rings. The number of aromatic nitrogens is 4. The van der Waals surface area contributed by atoms with Gasteiger partial charge in [-0.25, -0.2) is 15.0 Å². The predicted octanol–water partition coefficient (Wildman–Crippen LogP) is 2.77. The van der Waals surface area contributed by atoms with Gasteiger partial charge in [0.05, 0.1) is 21.8 Å². The lowest BCUT2D eigenvalue weighted by Gasteiger charge is -1.99. The van der Waals surface area contributed by atoms with Gasteiger partial charge in [0.15, 0.2) is 5.65 Å². The standard InChI is InChI=1S/C12H10N4S/c1-7-11(17-8(2)15-7)10-6-14-9-4-3-5-13-12(9)16-10/h3-6H,1-2H3. The Morgan fingerprint density at radius 2 is 2.00 bits per heavy atom. The number of hydrogen-bond acceptors (Lipinski definition) is 5. The minimum absolute atomic E-state index is 0.676. The van der Waals surface area contributed by atoms with E-state index in [1.54, 1.807) is 23.7 Å². The van der Waals surface area contributed by atoms with Gasteiger partial charge in [0, 0.05) is 6.20 Å². The Bertz CT molecular complexity index is 690. The van der Waals surface area contributed by atoms with Crippen molar-refractivity contribution in [1.29, 1.82) is 0 Å². The van der Waals surface area contributed by atoms with Crippen molar-refractivity contribution in [2.45, 2.75) is 13.8 Å². The number of thiazole rings is 1. The van der Waals surface area contributed by atoms with Gasteiger partial charge < -0.3 is 0 Å². The third-order valence-corrected chi connectivity index (χ3v) is 3.55. The number of aryl methyl sites for hydroxylation is 2. The Hall–Kier alpha value is -1.88. The Balaban J connectivity index is 2.21. The molecule has 0 aliphatic heterocycles. The van der Waals surface area contributed by atoms with Crippen LogP contribution in [-0.4, -0.2) is 19.9 Å². The summed E-state index contributed by atoms with van der Waals surface area (Å²) in [6.07, 6.45) is 3.51. The van der Waals surface area contributed by atoms with Gasteiger partial charge in [0.25, 0.3) is 0 Å². The summed E-state index contributed by atoms with van der Waals surface area (Å²) in [7, 11) is 0. The summed E-state index contributed by atoms with van der Waals surface area (Å²) >= 11 is 1.63. The second-order valence-corrected chi connectivity index (χ2v) is 4.95. The van der Waals surface area contributed by atoms with E-state index in [4.69, 9.17) is 0 Å². The Labute approximate surface area is 102 Å². The fourth-order valence-corrected chi connectivity index (χ4v) is 2.60. The van der Waals surface area contributed by atoms with Gasteiger partial charge in [-0.15, -0.1) is 11.3 Å². The van der Waals surface area contributed by atoms with Crippen LogP contribution in [-0.2, 0) is 0 Å². The summed E-state index contributed by atoms with van der Waals surface area (Å²) in [5, 5.41) is 1.04. The van der Waals surface area contributed by atoms with Crippen molar-refractivity contribution < 1.29 is 0 Å². The zero-order valence-electron chi connectivity index (χ0n) is 9.51. The third kappa shape index (κ3) is 1.78. The van der Waals surface area contributed by atoms with Crippen molar-refractivity contribution >= 4 is 22.5 Å². The van der Waals surface area contributed by atoms with Crippen LogP contribution in [0, 0.1) is 13.8 Å². The highest BCUT2D eigenvalue weighted by atomic mass is 32.1. The highest BCUT2D eigenvalue weighted by Gasteiger charge is 2.10. The molecule has 0 radical (unpaired) electrons. The molecule has 0 saturated heterocycles. The van der Waals surface area contributed by atoms with Crippen molar-refractivity contribution in [3.05, 3.63) is 35.2 Å². The largest absolute Gasteiger partial charge is 0.251 e. The van der Waals surface area contributed by atoms with E-state index in [1.165, 1.54) is 0 Å². The fraction of sp³-hybridized carbons (Fsp3) is 0.167. The number of hydrogen-bond donors (Lipinski definition) is 0. The molecule has 0 aliphatic rings. The highest BCUT2D eigenvalue weighted by molar-refractivity contribution is 7.15. The zero-order valence-corrected chi connectivity index (χ0v) is 10.3. The van der Waals surface area contributed by atoms with Gasteiger partial charge >= 0.3 is 0 Å². The van der Waals surface area contributed by atoms with Gasteiger partial charge in [-0.2, -0.15) is 0 Å². The third-order valence-electron chi connectivity index (χ3n) is 2.45. The maximum absolute atomic E-state index is 4.52.